The number of aromatic nitrogens is 2. The summed E-state index contributed by atoms with van der Waals surface area (Å²) in [6, 6.07) is 10.4. The molecule has 0 atom stereocenters. The number of pyridine rings is 1. The first-order chi connectivity index (χ1) is 16.3. The first kappa shape index (κ1) is 25.2. The second kappa shape index (κ2) is 11.1. The van der Waals surface area contributed by atoms with Gasteiger partial charge in [-0.15, -0.1) is 0 Å². The number of benzene rings is 1. The third kappa shape index (κ3) is 5.20. The van der Waals surface area contributed by atoms with E-state index in [0.717, 1.165) is 5.56 Å². The third-order valence-corrected chi connectivity index (χ3v) is 5.98. The lowest BCUT2D eigenvalue weighted by Crippen LogP contribution is -2.35. The minimum Gasteiger partial charge on any atom is -0.461 e. The molecule has 0 radical (unpaired) electrons. The first-order valence-corrected chi connectivity index (χ1v) is 11.5. The van der Waals surface area contributed by atoms with Crippen LogP contribution in [0.25, 0.3) is 0 Å². The Morgan fingerprint density at radius 2 is 1.82 bits per heavy atom. The molecule has 0 N–H and O–H groups in total. The van der Waals surface area contributed by atoms with E-state index in [-0.39, 0.29) is 31.4 Å². The molecule has 0 aliphatic carbocycles. The molecule has 2 aromatic heterocycles. The Kier molecular flexibility index (Phi) is 8.23. The summed E-state index contributed by atoms with van der Waals surface area (Å²) in [5, 5.41) is 0.310. The first-order valence-electron chi connectivity index (χ1n) is 11.1. The largest absolute Gasteiger partial charge is 0.461 e. The van der Waals surface area contributed by atoms with Crippen molar-refractivity contribution in [3.05, 3.63) is 87.5 Å². The van der Waals surface area contributed by atoms with E-state index in [2.05, 4.69) is 4.98 Å². The summed E-state index contributed by atoms with van der Waals surface area (Å²) < 4.78 is 6.99. The van der Waals surface area contributed by atoms with Gasteiger partial charge in [-0.05, 0) is 57.0 Å². The van der Waals surface area contributed by atoms with Gasteiger partial charge >= 0.3 is 5.97 Å². The normalized spacial score (nSPS) is 10.7. The Bertz CT molecular complexity index is 1200. The van der Waals surface area contributed by atoms with Crippen molar-refractivity contribution in [2.75, 3.05) is 13.2 Å². The van der Waals surface area contributed by atoms with Crippen LogP contribution in [0.15, 0.2) is 48.8 Å². The molecule has 0 aliphatic heterocycles. The van der Waals surface area contributed by atoms with E-state index in [1.165, 1.54) is 4.90 Å². The van der Waals surface area contributed by atoms with Gasteiger partial charge in [-0.2, -0.15) is 0 Å². The molecule has 3 aromatic rings. The van der Waals surface area contributed by atoms with Crippen molar-refractivity contribution < 1.29 is 19.1 Å². The van der Waals surface area contributed by atoms with Gasteiger partial charge < -0.3 is 14.2 Å². The van der Waals surface area contributed by atoms with E-state index >= 15 is 0 Å². The second-order valence-corrected chi connectivity index (χ2v) is 8.23. The summed E-state index contributed by atoms with van der Waals surface area (Å²) in [5.41, 5.74) is 3.10. The van der Waals surface area contributed by atoms with Crippen molar-refractivity contribution in [2.24, 2.45) is 0 Å². The van der Waals surface area contributed by atoms with Crippen LogP contribution >= 0.6 is 11.6 Å². The molecule has 0 bridgehead atoms. The van der Waals surface area contributed by atoms with Gasteiger partial charge in [0.05, 0.1) is 23.7 Å². The number of hydrogen-bond acceptors (Lipinski definition) is 5. The van der Waals surface area contributed by atoms with Crippen LogP contribution < -0.4 is 0 Å². The predicted octanol–water partition coefficient (Wildman–Crippen LogP) is 4.88. The van der Waals surface area contributed by atoms with Crippen molar-refractivity contribution >= 4 is 29.3 Å². The molecule has 3 rings (SSSR count). The van der Waals surface area contributed by atoms with Gasteiger partial charge in [-0.3, -0.25) is 14.6 Å². The summed E-state index contributed by atoms with van der Waals surface area (Å²) in [5.74, 6) is -1.10. The Morgan fingerprint density at radius 3 is 2.44 bits per heavy atom. The fraction of sp³-hybridized carbons (Fsp3) is 0.308. The predicted molar refractivity (Wildman–Crippen MR) is 130 cm³/mol. The summed E-state index contributed by atoms with van der Waals surface area (Å²) in [7, 11) is 0. The molecule has 0 spiro atoms. The molecule has 178 valence electrons. The van der Waals surface area contributed by atoms with Crippen LogP contribution in [0, 0.1) is 13.8 Å². The topological polar surface area (TPSA) is 81.5 Å². The quantitative estimate of drug-likeness (QED) is 0.321. The van der Waals surface area contributed by atoms with Crippen LogP contribution in [0.5, 0.6) is 0 Å². The van der Waals surface area contributed by atoms with Gasteiger partial charge in [-0.25, -0.2) is 4.79 Å². The van der Waals surface area contributed by atoms with Crippen molar-refractivity contribution in [3.63, 3.8) is 0 Å². The van der Waals surface area contributed by atoms with E-state index in [1.807, 2.05) is 13.0 Å². The number of rotatable bonds is 9. The van der Waals surface area contributed by atoms with Crippen molar-refractivity contribution in [3.8, 4) is 0 Å². The summed E-state index contributed by atoms with van der Waals surface area (Å²) >= 11 is 6.28. The Balaban J connectivity index is 2.00. The van der Waals surface area contributed by atoms with E-state index < -0.39 is 5.97 Å². The number of esters is 1. The maximum atomic E-state index is 13.6. The zero-order valence-electron chi connectivity index (χ0n) is 19.8. The van der Waals surface area contributed by atoms with Gasteiger partial charge in [0, 0.05) is 36.7 Å². The fourth-order valence-electron chi connectivity index (χ4n) is 4.13. The minimum atomic E-state index is -0.469. The number of Topliss-reactive ketones (excluding diaryl/α,β-unsaturated/α-hetero) is 1. The number of nitrogens with zero attached hydrogens (tertiary/aromatic N) is 3. The van der Waals surface area contributed by atoms with E-state index in [9.17, 15) is 14.4 Å². The molecule has 7 nitrogen and oxygen atoms in total. The van der Waals surface area contributed by atoms with Gasteiger partial charge in [-0.1, -0.05) is 29.8 Å². The molecule has 2 heterocycles. The van der Waals surface area contributed by atoms with Crippen LogP contribution in [0.2, 0.25) is 5.02 Å². The molecule has 34 heavy (non-hydrogen) atoms. The van der Waals surface area contributed by atoms with Crippen LogP contribution in [0.3, 0.4) is 0 Å². The summed E-state index contributed by atoms with van der Waals surface area (Å²) in [6.07, 6.45) is 3.30. The van der Waals surface area contributed by atoms with Gasteiger partial charge in [0.25, 0.3) is 5.91 Å². The standard InChI is InChI=1S/C26H28ClN3O4/c1-5-30-18(4)23(17(3)24(30)26(33)34-6-2)22(31)16-29(15-19-10-9-13-28-14-19)25(32)20-11-7-8-12-21(20)27/h7-14H,5-6,15-16H2,1-4H3. The molecule has 0 saturated carbocycles. The summed E-state index contributed by atoms with van der Waals surface area (Å²) in [6.45, 7) is 7.92. The third-order valence-electron chi connectivity index (χ3n) is 5.65. The average molecular weight is 482 g/mol. The summed E-state index contributed by atoms with van der Waals surface area (Å²) in [4.78, 5) is 45.1. The lowest BCUT2D eigenvalue weighted by atomic mass is 10.0. The number of hydrogen-bond donors (Lipinski definition) is 0. The van der Waals surface area contributed by atoms with E-state index in [0.29, 0.717) is 39.6 Å². The van der Waals surface area contributed by atoms with Crippen LogP contribution in [0.1, 0.15) is 61.9 Å². The van der Waals surface area contributed by atoms with Crippen molar-refractivity contribution in [1.29, 1.82) is 0 Å². The SMILES string of the molecule is CCOC(=O)c1c(C)c(C(=O)CN(Cc2cccnc2)C(=O)c2ccccc2Cl)c(C)n1CC. The Labute approximate surface area is 204 Å². The van der Waals surface area contributed by atoms with Crippen LogP contribution in [0.4, 0.5) is 0 Å². The zero-order chi connectivity index (χ0) is 24.8. The molecule has 0 fully saturated rings. The lowest BCUT2D eigenvalue weighted by molar-refractivity contribution is 0.0512. The monoisotopic (exact) mass is 481 g/mol. The minimum absolute atomic E-state index is 0.181. The fourth-order valence-corrected chi connectivity index (χ4v) is 4.35. The van der Waals surface area contributed by atoms with Gasteiger partial charge in [0.2, 0.25) is 0 Å². The molecule has 0 aliphatic rings. The molecule has 8 heteroatoms. The number of halogens is 1. The number of ether oxygens (including phenoxy) is 1. The Morgan fingerprint density at radius 1 is 1.09 bits per heavy atom. The highest BCUT2D eigenvalue weighted by molar-refractivity contribution is 6.33. The smallest absolute Gasteiger partial charge is 0.355 e. The molecule has 0 unspecified atom stereocenters. The number of ketones is 1. The lowest BCUT2D eigenvalue weighted by Gasteiger charge is -2.23. The number of amides is 1. The van der Waals surface area contributed by atoms with Crippen molar-refractivity contribution in [1.82, 2.24) is 14.5 Å². The maximum absolute atomic E-state index is 13.6. The molecular weight excluding hydrogens is 454 g/mol. The molecular formula is C26H28ClN3O4. The van der Waals surface area contributed by atoms with Crippen molar-refractivity contribution in [2.45, 2.75) is 40.8 Å². The molecule has 1 aromatic carbocycles. The second-order valence-electron chi connectivity index (χ2n) is 7.82. The average Bonchev–Trinajstić information content (AvgIpc) is 3.08. The van der Waals surface area contributed by atoms with Gasteiger partial charge in [0.15, 0.2) is 5.78 Å². The Hall–Kier alpha value is -3.45. The highest BCUT2D eigenvalue weighted by atomic mass is 35.5. The highest BCUT2D eigenvalue weighted by Crippen LogP contribution is 2.25. The molecule has 1 amide bonds. The van der Waals surface area contributed by atoms with Crippen LogP contribution in [-0.4, -0.2) is 45.3 Å². The zero-order valence-corrected chi connectivity index (χ0v) is 20.6. The number of carbonyl (C=O) groups is 3. The highest BCUT2D eigenvalue weighted by Gasteiger charge is 2.29. The van der Waals surface area contributed by atoms with Crippen LogP contribution in [-0.2, 0) is 17.8 Å². The maximum Gasteiger partial charge on any atom is 0.355 e. The van der Waals surface area contributed by atoms with E-state index in [4.69, 9.17) is 16.3 Å². The van der Waals surface area contributed by atoms with E-state index in [1.54, 1.807) is 68.1 Å². The number of carbonyl (C=O) groups excluding carboxylic acids is 3. The molecule has 0 saturated heterocycles. The van der Waals surface area contributed by atoms with Gasteiger partial charge in [0.1, 0.15) is 5.69 Å².